The van der Waals surface area contributed by atoms with E-state index in [0.29, 0.717) is 6.54 Å². The number of thiazole rings is 1. The lowest BCUT2D eigenvalue weighted by Crippen LogP contribution is -2.06. The van der Waals surface area contributed by atoms with E-state index in [9.17, 15) is 0 Å². The average Bonchev–Trinajstić information content (AvgIpc) is 2.94. The van der Waals surface area contributed by atoms with Crippen molar-refractivity contribution >= 4 is 50.0 Å². The van der Waals surface area contributed by atoms with E-state index in [4.69, 9.17) is 11.6 Å². The van der Waals surface area contributed by atoms with Gasteiger partial charge in [0.2, 0.25) is 0 Å². The maximum Gasteiger partial charge on any atom is 0.160 e. The summed E-state index contributed by atoms with van der Waals surface area (Å²) in [5.41, 5.74) is 1.68. The second-order valence-electron chi connectivity index (χ2n) is 4.53. The second-order valence-corrected chi connectivity index (χ2v) is 7.42. The predicted molar refractivity (Wildman–Crippen MR) is 85.4 cm³/mol. The molecular weight excluding hydrogens is 360 g/mol. The Balaban J connectivity index is 2.13. The molecule has 4 nitrogen and oxygen atoms in total. The molecule has 0 aliphatic heterocycles. The molecule has 104 valence electrons. The highest BCUT2D eigenvalue weighted by atomic mass is 79.9. The van der Waals surface area contributed by atoms with Crippen molar-refractivity contribution in [2.24, 2.45) is 0 Å². The summed E-state index contributed by atoms with van der Waals surface area (Å²) in [7, 11) is 0. The van der Waals surface area contributed by atoms with Crippen LogP contribution in [0.2, 0.25) is 0 Å². The molecule has 3 rings (SSSR count). The van der Waals surface area contributed by atoms with Crippen molar-refractivity contribution in [2.45, 2.75) is 25.8 Å². The number of fused-ring (bicyclic) bond motifs is 1. The molecule has 3 aromatic heterocycles. The molecule has 0 amide bonds. The molecular formula is C13H12BrClN4S. The van der Waals surface area contributed by atoms with Crippen molar-refractivity contribution in [1.82, 2.24) is 19.5 Å². The van der Waals surface area contributed by atoms with E-state index in [0.717, 1.165) is 26.5 Å². The molecule has 0 aliphatic carbocycles. The van der Waals surface area contributed by atoms with Crippen molar-refractivity contribution in [1.29, 1.82) is 0 Å². The molecule has 0 saturated heterocycles. The molecule has 1 atom stereocenters. The summed E-state index contributed by atoms with van der Waals surface area (Å²) in [5, 5.41) is 0.856. The number of pyridine rings is 1. The van der Waals surface area contributed by atoms with Crippen LogP contribution in [0.1, 0.15) is 28.0 Å². The number of nitrogens with zero attached hydrogens (tertiary/aromatic N) is 4. The summed E-state index contributed by atoms with van der Waals surface area (Å²) in [5.74, 6) is 0.820. The average molecular weight is 372 g/mol. The van der Waals surface area contributed by atoms with E-state index in [-0.39, 0.29) is 5.38 Å². The minimum atomic E-state index is -0.177. The van der Waals surface area contributed by atoms with E-state index < -0.39 is 0 Å². The van der Waals surface area contributed by atoms with Crippen LogP contribution in [0, 0.1) is 6.92 Å². The van der Waals surface area contributed by atoms with Gasteiger partial charge in [0.15, 0.2) is 5.65 Å². The second kappa shape index (κ2) is 5.42. The number of alkyl halides is 1. The number of hydrogen-bond donors (Lipinski definition) is 0. The molecule has 0 fully saturated rings. The minimum Gasteiger partial charge on any atom is -0.305 e. The predicted octanol–water partition coefficient (Wildman–Crippen LogP) is 4.31. The van der Waals surface area contributed by atoms with Crippen LogP contribution < -0.4 is 0 Å². The number of aromatic nitrogens is 4. The fourth-order valence-electron chi connectivity index (χ4n) is 2.07. The van der Waals surface area contributed by atoms with Gasteiger partial charge in [-0.2, -0.15) is 0 Å². The zero-order valence-electron chi connectivity index (χ0n) is 11.0. The van der Waals surface area contributed by atoms with Crippen LogP contribution in [0.5, 0.6) is 0 Å². The van der Waals surface area contributed by atoms with E-state index in [1.807, 2.05) is 30.7 Å². The van der Waals surface area contributed by atoms with Crippen molar-refractivity contribution in [3.05, 3.63) is 38.6 Å². The normalized spacial score (nSPS) is 13.0. The molecule has 1 unspecified atom stereocenters. The number of rotatable bonds is 3. The third kappa shape index (κ3) is 2.60. The topological polar surface area (TPSA) is 43.6 Å². The Morgan fingerprint density at radius 3 is 2.85 bits per heavy atom. The van der Waals surface area contributed by atoms with Gasteiger partial charge in [-0.15, -0.1) is 22.9 Å². The molecule has 0 aliphatic rings. The number of imidazole rings is 1. The van der Waals surface area contributed by atoms with Gasteiger partial charge in [0, 0.05) is 21.7 Å². The Hall–Kier alpha value is -0.980. The van der Waals surface area contributed by atoms with Crippen LogP contribution in [-0.4, -0.2) is 19.5 Å². The lowest BCUT2D eigenvalue weighted by Gasteiger charge is -2.07. The molecule has 0 aromatic carbocycles. The summed E-state index contributed by atoms with van der Waals surface area (Å²) >= 11 is 11.3. The monoisotopic (exact) mass is 370 g/mol. The maximum atomic E-state index is 6.25. The first kappa shape index (κ1) is 14.0. The van der Waals surface area contributed by atoms with Gasteiger partial charge in [-0.25, -0.2) is 15.0 Å². The number of halogens is 2. The maximum absolute atomic E-state index is 6.25. The molecule has 0 N–H and O–H groups in total. The Kier molecular flexibility index (Phi) is 3.79. The van der Waals surface area contributed by atoms with Gasteiger partial charge >= 0.3 is 0 Å². The fourth-order valence-corrected chi connectivity index (χ4v) is 3.34. The Bertz CT molecular complexity index is 765. The summed E-state index contributed by atoms with van der Waals surface area (Å²) in [6.45, 7) is 4.62. The van der Waals surface area contributed by atoms with E-state index in [1.165, 1.54) is 4.88 Å². The molecule has 7 heteroatoms. The minimum absolute atomic E-state index is 0.177. The van der Waals surface area contributed by atoms with Gasteiger partial charge in [-0.05, 0) is 35.8 Å². The Morgan fingerprint density at radius 2 is 2.20 bits per heavy atom. The van der Waals surface area contributed by atoms with Gasteiger partial charge in [-0.3, -0.25) is 0 Å². The van der Waals surface area contributed by atoms with E-state index >= 15 is 0 Å². The highest BCUT2D eigenvalue weighted by molar-refractivity contribution is 9.10. The SMILES string of the molecule is Cc1cnc(Cn2c(C(C)Cl)nc3cc(Br)cnc32)s1. The summed E-state index contributed by atoms with van der Waals surface area (Å²) < 4.78 is 2.95. The molecule has 20 heavy (non-hydrogen) atoms. The van der Waals surface area contributed by atoms with Crippen molar-refractivity contribution < 1.29 is 0 Å². The van der Waals surface area contributed by atoms with Crippen molar-refractivity contribution in [2.75, 3.05) is 0 Å². The van der Waals surface area contributed by atoms with Crippen molar-refractivity contribution in [3.8, 4) is 0 Å². The van der Waals surface area contributed by atoms with Crippen LogP contribution in [-0.2, 0) is 6.54 Å². The lowest BCUT2D eigenvalue weighted by molar-refractivity contribution is 0.732. The highest BCUT2D eigenvalue weighted by Gasteiger charge is 2.17. The smallest absolute Gasteiger partial charge is 0.160 e. The van der Waals surface area contributed by atoms with Gasteiger partial charge in [0.25, 0.3) is 0 Å². The summed E-state index contributed by atoms with van der Waals surface area (Å²) in [6, 6.07) is 1.95. The number of hydrogen-bond acceptors (Lipinski definition) is 4. The van der Waals surface area contributed by atoms with Crippen LogP contribution in [0.3, 0.4) is 0 Å². The first-order chi connectivity index (χ1) is 9.54. The lowest BCUT2D eigenvalue weighted by atomic mass is 10.4. The Morgan fingerprint density at radius 1 is 1.40 bits per heavy atom. The largest absolute Gasteiger partial charge is 0.305 e. The first-order valence-corrected chi connectivity index (χ1v) is 8.16. The van der Waals surface area contributed by atoms with Crippen LogP contribution in [0.25, 0.3) is 11.2 Å². The number of aryl methyl sites for hydroxylation is 1. The third-order valence-corrected chi connectivity index (χ3v) is 4.43. The molecule has 3 aromatic rings. The van der Waals surface area contributed by atoms with E-state index in [1.54, 1.807) is 17.5 Å². The molecule has 0 radical (unpaired) electrons. The fraction of sp³-hybridized carbons (Fsp3) is 0.308. The summed E-state index contributed by atoms with van der Waals surface area (Å²) in [6.07, 6.45) is 3.66. The molecule has 0 bridgehead atoms. The van der Waals surface area contributed by atoms with Crippen LogP contribution >= 0.6 is 38.9 Å². The first-order valence-electron chi connectivity index (χ1n) is 6.11. The van der Waals surface area contributed by atoms with Crippen LogP contribution in [0.4, 0.5) is 0 Å². The molecule has 0 saturated carbocycles. The highest BCUT2D eigenvalue weighted by Crippen LogP contribution is 2.26. The quantitative estimate of drug-likeness (QED) is 0.644. The Labute approximate surface area is 134 Å². The van der Waals surface area contributed by atoms with Gasteiger partial charge < -0.3 is 4.57 Å². The van der Waals surface area contributed by atoms with Gasteiger partial charge in [0.1, 0.15) is 16.3 Å². The standard InChI is InChI=1S/C13H12BrClN4S/c1-7-4-16-11(20-7)6-19-12(8(2)15)18-10-3-9(14)5-17-13(10)19/h3-5,8H,6H2,1-2H3. The van der Waals surface area contributed by atoms with Gasteiger partial charge in [-0.1, -0.05) is 0 Å². The third-order valence-electron chi connectivity index (χ3n) is 2.90. The zero-order chi connectivity index (χ0) is 14.3. The molecule has 3 heterocycles. The van der Waals surface area contributed by atoms with E-state index in [2.05, 4.69) is 30.9 Å². The van der Waals surface area contributed by atoms with Crippen LogP contribution in [0.15, 0.2) is 22.9 Å². The van der Waals surface area contributed by atoms with Gasteiger partial charge in [0.05, 0.1) is 11.9 Å². The molecule has 0 spiro atoms. The van der Waals surface area contributed by atoms with Crippen molar-refractivity contribution in [3.63, 3.8) is 0 Å². The summed E-state index contributed by atoms with van der Waals surface area (Å²) in [4.78, 5) is 14.7. The zero-order valence-corrected chi connectivity index (χ0v) is 14.1.